The Labute approximate surface area is 165 Å². The molecule has 7 nitrogen and oxygen atoms in total. The highest BCUT2D eigenvalue weighted by molar-refractivity contribution is 5.91. The lowest BCUT2D eigenvalue weighted by molar-refractivity contribution is -0.127. The van der Waals surface area contributed by atoms with E-state index in [1.807, 2.05) is 0 Å². The van der Waals surface area contributed by atoms with Gasteiger partial charge in [-0.3, -0.25) is 9.59 Å². The number of halogens is 2. The predicted molar refractivity (Wildman–Crippen MR) is 100.0 cm³/mol. The summed E-state index contributed by atoms with van der Waals surface area (Å²) in [5.41, 5.74) is 0.505. The summed E-state index contributed by atoms with van der Waals surface area (Å²) in [6.07, 6.45) is 0.389. The molecule has 1 aliphatic rings. The van der Waals surface area contributed by atoms with Gasteiger partial charge < -0.3 is 20.4 Å². The first-order valence-corrected chi connectivity index (χ1v) is 9.31. The summed E-state index contributed by atoms with van der Waals surface area (Å²) in [7, 11) is 0. The molecule has 1 fully saturated rings. The molecule has 1 unspecified atom stereocenters. The number of hydrogen-bond acceptors (Lipinski definition) is 4. The number of ether oxygens (including phenoxy) is 1. The lowest BCUT2D eigenvalue weighted by Crippen LogP contribution is -2.40. The van der Waals surface area contributed by atoms with E-state index < -0.39 is 29.6 Å². The van der Waals surface area contributed by atoms with E-state index >= 15 is 0 Å². The van der Waals surface area contributed by atoms with Crippen molar-refractivity contribution in [1.29, 1.82) is 0 Å². The lowest BCUT2D eigenvalue weighted by Gasteiger charge is -2.10. The van der Waals surface area contributed by atoms with Crippen LogP contribution in [0, 0.1) is 11.6 Å². The van der Waals surface area contributed by atoms with Crippen LogP contribution in [-0.2, 0) is 20.7 Å². The van der Waals surface area contributed by atoms with Crippen LogP contribution in [0.15, 0.2) is 24.3 Å². The minimum atomic E-state index is -0.855. The summed E-state index contributed by atoms with van der Waals surface area (Å²) in [4.78, 5) is 38.5. The second-order valence-corrected chi connectivity index (χ2v) is 6.59. The number of benzene rings is 1. The Hall–Kier alpha value is -3.23. The average Bonchev–Trinajstić information content (AvgIpc) is 3.24. The zero-order chi connectivity index (χ0) is 21.0. The molecule has 1 aromatic heterocycles. The summed E-state index contributed by atoms with van der Waals surface area (Å²) in [5.74, 6) is -2.78. The highest BCUT2D eigenvalue weighted by Crippen LogP contribution is 2.29. The minimum absolute atomic E-state index is 0.0192. The van der Waals surface area contributed by atoms with E-state index in [2.05, 4.69) is 15.6 Å². The Morgan fingerprint density at radius 3 is 2.59 bits per heavy atom. The van der Waals surface area contributed by atoms with Gasteiger partial charge in [-0.05, 0) is 49.6 Å². The topological polar surface area (TPSA) is 100 Å². The molecule has 2 aromatic rings. The number of aromatic amines is 1. The predicted octanol–water partition coefficient (Wildman–Crippen LogP) is 2.07. The van der Waals surface area contributed by atoms with E-state index in [0.29, 0.717) is 18.5 Å². The minimum Gasteiger partial charge on any atom is -0.461 e. The third-order valence-corrected chi connectivity index (χ3v) is 4.63. The van der Waals surface area contributed by atoms with Crippen LogP contribution in [0.25, 0.3) is 11.3 Å². The smallest absolute Gasteiger partial charge is 0.357 e. The first kappa shape index (κ1) is 20.5. The SMILES string of the molecule is CCOC(=O)c1[nH]c(-c2ccc(F)cc2)c(CCC(=O)NC2CCNC2=O)c1F. The molecule has 0 radical (unpaired) electrons. The number of H-pyrrole nitrogens is 1. The maximum Gasteiger partial charge on any atom is 0.357 e. The maximum absolute atomic E-state index is 14.9. The van der Waals surface area contributed by atoms with Crippen LogP contribution in [0.3, 0.4) is 0 Å². The Morgan fingerprint density at radius 2 is 1.97 bits per heavy atom. The quantitative estimate of drug-likeness (QED) is 0.614. The lowest BCUT2D eigenvalue weighted by atomic mass is 10.0. The van der Waals surface area contributed by atoms with Crippen molar-refractivity contribution in [3.8, 4) is 11.3 Å². The Kier molecular flexibility index (Phi) is 6.26. The van der Waals surface area contributed by atoms with Crippen molar-refractivity contribution in [2.24, 2.45) is 0 Å². The number of aromatic nitrogens is 1. The third-order valence-electron chi connectivity index (χ3n) is 4.63. The van der Waals surface area contributed by atoms with Gasteiger partial charge in [-0.1, -0.05) is 0 Å². The Bertz CT molecular complexity index is 925. The van der Waals surface area contributed by atoms with Crippen molar-refractivity contribution in [2.45, 2.75) is 32.2 Å². The van der Waals surface area contributed by atoms with Gasteiger partial charge in [0, 0.05) is 18.5 Å². The average molecular weight is 405 g/mol. The standard InChI is InChI=1S/C20H21F2N3O4/c1-2-29-20(28)18-16(22)13(17(25-18)11-3-5-12(21)6-4-11)7-8-15(26)24-14-9-10-23-19(14)27/h3-6,14,25H,2,7-10H2,1H3,(H,23,27)(H,24,26). The van der Waals surface area contributed by atoms with Crippen molar-refractivity contribution in [1.82, 2.24) is 15.6 Å². The second kappa shape index (κ2) is 8.85. The highest BCUT2D eigenvalue weighted by Gasteiger charge is 2.27. The van der Waals surface area contributed by atoms with E-state index in [1.54, 1.807) is 6.92 Å². The molecule has 1 aromatic carbocycles. The number of esters is 1. The monoisotopic (exact) mass is 405 g/mol. The summed E-state index contributed by atoms with van der Waals surface area (Å²) < 4.78 is 33.1. The van der Waals surface area contributed by atoms with Crippen LogP contribution in [0.2, 0.25) is 0 Å². The summed E-state index contributed by atoms with van der Waals surface area (Å²) >= 11 is 0. The van der Waals surface area contributed by atoms with Gasteiger partial charge in [0.1, 0.15) is 11.9 Å². The Morgan fingerprint density at radius 1 is 1.24 bits per heavy atom. The number of hydrogen-bond donors (Lipinski definition) is 3. The molecule has 1 saturated heterocycles. The highest BCUT2D eigenvalue weighted by atomic mass is 19.1. The van der Waals surface area contributed by atoms with E-state index in [-0.39, 0.29) is 42.3 Å². The number of nitrogens with one attached hydrogen (secondary N) is 3. The molecule has 0 spiro atoms. The number of rotatable bonds is 7. The van der Waals surface area contributed by atoms with Gasteiger partial charge in [0.15, 0.2) is 11.5 Å². The van der Waals surface area contributed by atoms with Crippen molar-refractivity contribution in [2.75, 3.05) is 13.2 Å². The van der Waals surface area contributed by atoms with E-state index in [1.165, 1.54) is 24.3 Å². The fraction of sp³-hybridized carbons (Fsp3) is 0.350. The molecule has 0 aliphatic carbocycles. The largest absolute Gasteiger partial charge is 0.461 e. The van der Waals surface area contributed by atoms with Crippen molar-refractivity contribution in [3.63, 3.8) is 0 Å². The molecule has 3 N–H and O–H groups in total. The first-order valence-electron chi connectivity index (χ1n) is 9.31. The van der Waals surface area contributed by atoms with E-state index in [9.17, 15) is 23.2 Å². The summed E-state index contributed by atoms with van der Waals surface area (Å²) in [5, 5.41) is 5.23. The number of amides is 2. The molecule has 0 saturated carbocycles. The zero-order valence-electron chi connectivity index (χ0n) is 15.8. The number of carbonyl (C=O) groups is 3. The van der Waals surface area contributed by atoms with Gasteiger partial charge in [0.05, 0.1) is 12.3 Å². The first-order chi connectivity index (χ1) is 13.9. The molecule has 1 atom stereocenters. The molecular weight excluding hydrogens is 384 g/mol. The zero-order valence-corrected chi connectivity index (χ0v) is 15.8. The van der Waals surface area contributed by atoms with E-state index in [0.717, 1.165) is 0 Å². The molecule has 2 amide bonds. The van der Waals surface area contributed by atoms with Crippen molar-refractivity contribution >= 4 is 17.8 Å². The summed E-state index contributed by atoms with van der Waals surface area (Å²) in [6.45, 7) is 2.17. The third kappa shape index (κ3) is 4.61. The van der Waals surface area contributed by atoms with E-state index in [4.69, 9.17) is 4.74 Å². The van der Waals surface area contributed by atoms with Crippen molar-refractivity contribution < 1.29 is 27.9 Å². The molecular formula is C20H21F2N3O4. The van der Waals surface area contributed by atoms with Gasteiger partial charge in [0.2, 0.25) is 11.8 Å². The molecule has 1 aliphatic heterocycles. The van der Waals surface area contributed by atoms with Crippen LogP contribution in [0.1, 0.15) is 35.8 Å². The Balaban J connectivity index is 1.83. The fourth-order valence-electron chi connectivity index (χ4n) is 3.19. The normalized spacial score (nSPS) is 15.8. The molecule has 29 heavy (non-hydrogen) atoms. The second-order valence-electron chi connectivity index (χ2n) is 6.59. The van der Waals surface area contributed by atoms with Crippen LogP contribution in [0.5, 0.6) is 0 Å². The van der Waals surface area contributed by atoms with Crippen LogP contribution < -0.4 is 10.6 Å². The molecule has 0 bridgehead atoms. The fourth-order valence-corrected chi connectivity index (χ4v) is 3.19. The molecule has 9 heteroatoms. The van der Waals surface area contributed by atoms with Gasteiger partial charge in [0.25, 0.3) is 0 Å². The maximum atomic E-state index is 14.9. The molecule has 3 rings (SSSR count). The molecule has 154 valence electrons. The van der Waals surface area contributed by atoms with Crippen LogP contribution >= 0.6 is 0 Å². The van der Waals surface area contributed by atoms with Crippen LogP contribution in [-0.4, -0.2) is 42.0 Å². The summed E-state index contributed by atoms with van der Waals surface area (Å²) in [6, 6.07) is 4.73. The van der Waals surface area contributed by atoms with Gasteiger partial charge in [-0.25, -0.2) is 13.6 Å². The van der Waals surface area contributed by atoms with Gasteiger partial charge in [-0.2, -0.15) is 0 Å². The number of carbonyl (C=O) groups excluding carboxylic acids is 3. The van der Waals surface area contributed by atoms with Gasteiger partial charge in [-0.15, -0.1) is 0 Å². The van der Waals surface area contributed by atoms with Gasteiger partial charge >= 0.3 is 5.97 Å². The molecule has 2 heterocycles. The van der Waals surface area contributed by atoms with Crippen LogP contribution in [0.4, 0.5) is 8.78 Å². The van der Waals surface area contributed by atoms with Crippen molar-refractivity contribution in [3.05, 3.63) is 47.2 Å².